The summed E-state index contributed by atoms with van der Waals surface area (Å²) in [7, 11) is 1.92. The predicted octanol–water partition coefficient (Wildman–Crippen LogP) is 2.97. The Kier molecular flexibility index (Phi) is 3.69. The van der Waals surface area contributed by atoms with Crippen molar-refractivity contribution in [1.29, 1.82) is 0 Å². The zero-order valence-corrected chi connectivity index (χ0v) is 10.7. The van der Waals surface area contributed by atoms with Crippen LogP contribution in [0, 0.1) is 6.92 Å². The second-order valence-electron chi connectivity index (χ2n) is 4.42. The molecule has 1 saturated carbocycles. The third-order valence-electron chi connectivity index (χ3n) is 3.16. The molecule has 16 heavy (non-hydrogen) atoms. The highest BCUT2D eigenvalue weighted by atomic mass is 32.2. The average molecular weight is 238 g/mol. The number of aldehydes is 1. The molecule has 88 valence electrons. The molecule has 0 saturated heterocycles. The molecule has 1 fully saturated rings. The van der Waals surface area contributed by atoms with Gasteiger partial charge in [-0.2, -0.15) is 5.10 Å². The van der Waals surface area contributed by atoms with E-state index in [-0.39, 0.29) is 0 Å². The van der Waals surface area contributed by atoms with E-state index in [1.165, 1.54) is 32.1 Å². The first kappa shape index (κ1) is 11.7. The fourth-order valence-electron chi connectivity index (χ4n) is 2.27. The van der Waals surface area contributed by atoms with Gasteiger partial charge in [0.05, 0.1) is 11.3 Å². The molecule has 0 spiro atoms. The van der Waals surface area contributed by atoms with Crippen LogP contribution in [-0.4, -0.2) is 21.3 Å². The summed E-state index contributed by atoms with van der Waals surface area (Å²) in [6.45, 7) is 1.90. The molecule has 0 N–H and O–H groups in total. The molecule has 1 aromatic rings. The fraction of sp³-hybridized carbons (Fsp3) is 0.667. The minimum Gasteiger partial charge on any atom is -0.298 e. The summed E-state index contributed by atoms with van der Waals surface area (Å²) in [4.78, 5) is 11.0. The van der Waals surface area contributed by atoms with Crippen molar-refractivity contribution in [2.75, 3.05) is 0 Å². The van der Waals surface area contributed by atoms with Crippen molar-refractivity contribution in [3.05, 3.63) is 11.3 Å². The lowest BCUT2D eigenvalue weighted by atomic mass is 10.0. The van der Waals surface area contributed by atoms with Crippen LogP contribution in [0.2, 0.25) is 0 Å². The molecule has 0 bridgehead atoms. The van der Waals surface area contributed by atoms with Crippen LogP contribution in [0.15, 0.2) is 5.03 Å². The number of nitrogens with zero attached hydrogens (tertiary/aromatic N) is 2. The van der Waals surface area contributed by atoms with E-state index in [0.717, 1.165) is 22.6 Å². The molecule has 1 heterocycles. The molecule has 0 aromatic carbocycles. The Balaban J connectivity index is 2.16. The van der Waals surface area contributed by atoms with Crippen LogP contribution < -0.4 is 0 Å². The van der Waals surface area contributed by atoms with Crippen molar-refractivity contribution in [2.45, 2.75) is 49.3 Å². The van der Waals surface area contributed by atoms with Crippen molar-refractivity contribution < 1.29 is 4.79 Å². The summed E-state index contributed by atoms with van der Waals surface area (Å²) in [5.74, 6) is 0. The van der Waals surface area contributed by atoms with Gasteiger partial charge in [0.1, 0.15) is 5.03 Å². The van der Waals surface area contributed by atoms with Gasteiger partial charge >= 0.3 is 0 Å². The van der Waals surface area contributed by atoms with E-state index in [2.05, 4.69) is 5.10 Å². The lowest BCUT2D eigenvalue weighted by molar-refractivity contribution is 0.112. The van der Waals surface area contributed by atoms with Gasteiger partial charge in [-0.15, -0.1) is 11.8 Å². The number of thioether (sulfide) groups is 1. The van der Waals surface area contributed by atoms with Crippen LogP contribution in [0.1, 0.15) is 48.2 Å². The Morgan fingerprint density at radius 2 is 2.06 bits per heavy atom. The molecule has 0 radical (unpaired) electrons. The molecule has 3 nitrogen and oxygen atoms in total. The van der Waals surface area contributed by atoms with Crippen molar-refractivity contribution >= 4 is 18.0 Å². The van der Waals surface area contributed by atoms with E-state index >= 15 is 0 Å². The van der Waals surface area contributed by atoms with Crippen LogP contribution in [0.5, 0.6) is 0 Å². The monoisotopic (exact) mass is 238 g/mol. The summed E-state index contributed by atoms with van der Waals surface area (Å²) in [6.07, 6.45) is 7.49. The number of aromatic nitrogens is 2. The molecule has 0 unspecified atom stereocenters. The first-order valence-electron chi connectivity index (χ1n) is 5.88. The molecule has 2 rings (SSSR count). The van der Waals surface area contributed by atoms with E-state index in [9.17, 15) is 4.79 Å². The maximum absolute atomic E-state index is 11.0. The highest BCUT2D eigenvalue weighted by Crippen LogP contribution is 2.35. The molecule has 0 amide bonds. The number of hydrogen-bond donors (Lipinski definition) is 0. The second kappa shape index (κ2) is 5.04. The zero-order valence-electron chi connectivity index (χ0n) is 9.90. The molecule has 1 aliphatic rings. The Morgan fingerprint density at radius 3 is 2.69 bits per heavy atom. The first-order chi connectivity index (χ1) is 7.72. The van der Waals surface area contributed by atoms with Crippen molar-refractivity contribution in [1.82, 2.24) is 9.78 Å². The highest BCUT2D eigenvalue weighted by Gasteiger charge is 2.20. The van der Waals surface area contributed by atoms with Crippen LogP contribution in [0.3, 0.4) is 0 Å². The van der Waals surface area contributed by atoms with Crippen molar-refractivity contribution in [3.63, 3.8) is 0 Å². The second-order valence-corrected chi connectivity index (χ2v) is 5.71. The normalized spacial score (nSPS) is 17.6. The van der Waals surface area contributed by atoms with Gasteiger partial charge in [-0.3, -0.25) is 9.48 Å². The van der Waals surface area contributed by atoms with Crippen LogP contribution in [0.4, 0.5) is 0 Å². The maximum Gasteiger partial charge on any atom is 0.154 e. The average Bonchev–Trinajstić information content (AvgIpc) is 2.55. The highest BCUT2D eigenvalue weighted by molar-refractivity contribution is 8.00. The van der Waals surface area contributed by atoms with E-state index < -0.39 is 0 Å². The van der Waals surface area contributed by atoms with Gasteiger partial charge < -0.3 is 0 Å². The van der Waals surface area contributed by atoms with Crippen LogP contribution in [-0.2, 0) is 7.05 Å². The summed E-state index contributed by atoms with van der Waals surface area (Å²) in [5, 5.41) is 6.02. The predicted molar refractivity (Wildman–Crippen MR) is 66.1 cm³/mol. The first-order valence-corrected chi connectivity index (χ1v) is 6.75. The number of hydrogen-bond acceptors (Lipinski definition) is 3. The number of carbonyl (C=O) groups is 1. The summed E-state index contributed by atoms with van der Waals surface area (Å²) in [5.41, 5.74) is 1.62. The van der Waals surface area contributed by atoms with Gasteiger partial charge in [-0.05, 0) is 19.8 Å². The van der Waals surface area contributed by atoms with Crippen LogP contribution in [0.25, 0.3) is 0 Å². The molecule has 0 atom stereocenters. The zero-order chi connectivity index (χ0) is 11.5. The van der Waals surface area contributed by atoms with E-state index in [4.69, 9.17) is 0 Å². The van der Waals surface area contributed by atoms with Gasteiger partial charge in [0.15, 0.2) is 6.29 Å². The molecule has 4 heteroatoms. The van der Waals surface area contributed by atoms with Gasteiger partial charge in [0.25, 0.3) is 0 Å². The minimum atomic E-state index is 0.669. The van der Waals surface area contributed by atoms with E-state index in [0.29, 0.717) is 5.25 Å². The summed E-state index contributed by atoms with van der Waals surface area (Å²) >= 11 is 1.83. The third-order valence-corrected chi connectivity index (χ3v) is 4.67. The standard InChI is InChI=1S/C12H18N2OS/c1-9-11(8-15)12(14(2)13-9)16-10-6-4-3-5-7-10/h8,10H,3-7H2,1-2H3. The quantitative estimate of drug-likeness (QED) is 0.759. The lowest BCUT2D eigenvalue weighted by Gasteiger charge is -2.20. The Labute approximate surface area is 101 Å². The van der Waals surface area contributed by atoms with Gasteiger partial charge in [-0.25, -0.2) is 0 Å². The fourth-order valence-corrected chi connectivity index (χ4v) is 3.67. The minimum absolute atomic E-state index is 0.669. The smallest absolute Gasteiger partial charge is 0.154 e. The molecular weight excluding hydrogens is 220 g/mol. The van der Waals surface area contributed by atoms with Crippen molar-refractivity contribution in [2.24, 2.45) is 7.05 Å². The lowest BCUT2D eigenvalue weighted by Crippen LogP contribution is -2.09. The Hall–Kier alpha value is -0.770. The van der Waals surface area contributed by atoms with Gasteiger partial charge in [0, 0.05) is 12.3 Å². The molecular formula is C12H18N2OS. The van der Waals surface area contributed by atoms with Crippen LogP contribution >= 0.6 is 11.8 Å². The topological polar surface area (TPSA) is 34.9 Å². The molecule has 1 aliphatic carbocycles. The SMILES string of the molecule is Cc1nn(C)c(SC2CCCCC2)c1C=O. The van der Waals surface area contributed by atoms with Gasteiger partial charge in [-0.1, -0.05) is 19.3 Å². The molecule has 1 aromatic heterocycles. The number of carbonyl (C=O) groups excluding carboxylic acids is 1. The Bertz CT molecular complexity index is 381. The van der Waals surface area contributed by atoms with Gasteiger partial charge in [0.2, 0.25) is 0 Å². The Morgan fingerprint density at radius 1 is 1.38 bits per heavy atom. The molecule has 0 aliphatic heterocycles. The third kappa shape index (κ3) is 2.32. The van der Waals surface area contributed by atoms with E-state index in [1.807, 2.05) is 30.4 Å². The van der Waals surface area contributed by atoms with E-state index in [1.54, 1.807) is 0 Å². The summed E-state index contributed by atoms with van der Waals surface area (Å²) in [6, 6.07) is 0. The van der Waals surface area contributed by atoms with Crippen molar-refractivity contribution in [3.8, 4) is 0 Å². The summed E-state index contributed by atoms with van der Waals surface area (Å²) < 4.78 is 1.85. The number of aryl methyl sites for hydroxylation is 2. The maximum atomic E-state index is 11.0. The largest absolute Gasteiger partial charge is 0.298 e. The number of rotatable bonds is 3.